The first-order valence-electron chi connectivity index (χ1n) is 10.3. The number of halogens is 1. The van der Waals surface area contributed by atoms with Gasteiger partial charge in [-0.15, -0.1) is 0 Å². The van der Waals surface area contributed by atoms with Crippen LogP contribution in [0, 0.1) is 0 Å². The predicted molar refractivity (Wildman–Crippen MR) is 121 cm³/mol. The van der Waals surface area contributed by atoms with Crippen molar-refractivity contribution < 1.29 is 29.6 Å². The van der Waals surface area contributed by atoms with Gasteiger partial charge in [0.1, 0.15) is 0 Å². The van der Waals surface area contributed by atoms with Crippen molar-refractivity contribution in [1.29, 1.82) is 0 Å². The molecule has 1 aliphatic heterocycles. The Bertz CT molecular complexity index is 839. The molecule has 1 heterocycles. The minimum Gasteiger partial charge on any atom is -0.473 e. The average Bonchev–Trinajstić information content (AvgIpc) is 3.22. The molecule has 32 heavy (non-hydrogen) atoms. The molecule has 2 unspecified atom stereocenters. The van der Waals surface area contributed by atoms with Crippen LogP contribution in [0.1, 0.15) is 17.5 Å². The maximum atomic E-state index is 10.1. The molecule has 0 aromatic heterocycles. The van der Waals surface area contributed by atoms with Crippen molar-refractivity contribution in [2.75, 3.05) is 26.2 Å². The fourth-order valence-corrected chi connectivity index (χ4v) is 3.46. The SMILES string of the molecule is O=C(O)C(=O)O.OC(CNC1CCN(Cc2ccccc2)C1)COCc1ccccc1Cl. The lowest BCUT2D eigenvalue weighted by Crippen LogP contribution is -2.39. The fraction of sp³-hybridized carbons (Fsp3) is 0.391. The molecule has 1 saturated heterocycles. The number of benzene rings is 2. The first kappa shape index (κ1) is 25.8. The number of aliphatic carboxylic acids is 2. The summed E-state index contributed by atoms with van der Waals surface area (Å²) in [5, 5.41) is 29.1. The van der Waals surface area contributed by atoms with Crippen molar-refractivity contribution in [3.8, 4) is 0 Å². The number of nitrogens with zero attached hydrogens (tertiary/aromatic N) is 1. The molecule has 0 aliphatic carbocycles. The van der Waals surface area contributed by atoms with E-state index < -0.39 is 18.0 Å². The summed E-state index contributed by atoms with van der Waals surface area (Å²) in [4.78, 5) is 20.7. The van der Waals surface area contributed by atoms with Crippen molar-refractivity contribution >= 4 is 23.5 Å². The molecule has 3 rings (SSSR count). The first-order valence-corrected chi connectivity index (χ1v) is 10.7. The topological polar surface area (TPSA) is 119 Å². The molecule has 174 valence electrons. The van der Waals surface area contributed by atoms with Gasteiger partial charge in [0, 0.05) is 37.2 Å². The van der Waals surface area contributed by atoms with Gasteiger partial charge in [0.15, 0.2) is 0 Å². The van der Waals surface area contributed by atoms with Crippen molar-refractivity contribution in [1.82, 2.24) is 10.2 Å². The van der Waals surface area contributed by atoms with E-state index in [0.29, 0.717) is 30.8 Å². The number of carboxylic acid groups (broad SMARTS) is 2. The highest BCUT2D eigenvalue weighted by Gasteiger charge is 2.22. The van der Waals surface area contributed by atoms with E-state index >= 15 is 0 Å². The van der Waals surface area contributed by atoms with Gasteiger partial charge in [-0.3, -0.25) is 4.90 Å². The standard InChI is InChI=1S/C21H27ClN2O2.C2H2O4/c22-21-9-5-4-8-18(21)15-26-16-20(25)12-23-19-10-11-24(14-19)13-17-6-2-1-3-7-17;3-1(4)2(5)6/h1-9,19-20,23,25H,10-16H2;(H,3,4)(H,5,6). The van der Waals surface area contributed by atoms with Gasteiger partial charge in [0.2, 0.25) is 0 Å². The number of aliphatic hydroxyl groups is 1. The zero-order valence-corrected chi connectivity index (χ0v) is 18.4. The normalized spacial score (nSPS) is 16.8. The predicted octanol–water partition coefficient (Wildman–Crippen LogP) is 2.24. The number of carbonyl (C=O) groups is 2. The third-order valence-corrected chi connectivity index (χ3v) is 5.24. The smallest absolute Gasteiger partial charge is 0.414 e. The number of aliphatic hydroxyl groups excluding tert-OH is 1. The number of likely N-dealkylation sites (tertiary alicyclic amines) is 1. The molecule has 9 heteroatoms. The van der Waals surface area contributed by atoms with Crippen LogP contribution < -0.4 is 5.32 Å². The van der Waals surface area contributed by atoms with Crippen molar-refractivity contribution in [2.24, 2.45) is 0 Å². The van der Waals surface area contributed by atoms with Gasteiger partial charge in [-0.25, -0.2) is 9.59 Å². The molecule has 0 radical (unpaired) electrons. The number of nitrogens with one attached hydrogen (secondary N) is 1. The number of rotatable bonds is 9. The van der Waals surface area contributed by atoms with Gasteiger partial charge < -0.3 is 25.4 Å². The fourth-order valence-electron chi connectivity index (χ4n) is 3.27. The van der Waals surface area contributed by atoms with Gasteiger partial charge in [-0.1, -0.05) is 60.1 Å². The second-order valence-electron chi connectivity index (χ2n) is 7.49. The second-order valence-corrected chi connectivity index (χ2v) is 7.89. The van der Waals surface area contributed by atoms with Gasteiger partial charge >= 0.3 is 11.9 Å². The Morgan fingerprint density at radius 1 is 1.09 bits per heavy atom. The molecule has 2 aromatic rings. The lowest BCUT2D eigenvalue weighted by atomic mass is 10.2. The quantitative estimate of drug-likeness (QED) is 0.417. The molecule has 8 nitrogen and oxygen atoms in total. The van der Waals surface area contributed by atoms with Crippen LogP contribution in [0.25, 0.3) is 0 Å². The zero-order chi connectivity index (χ0) is 23.3. The van der Waals surface area contributed by atoms with Crippen LogP contribution in [0.2, 0.25) is 5.02 Å². The molecule has 1 fully saturated rings. The highest BCUT2D eigenvalue weighted by Crippen LogP contribution is 2.16. The van der Waals surface area contributed by atoms with E-state index in [9.17, 15) is 5.11 Å². The van der Waals surface area contributed by atoms with Crippen LogP contribution in [0.4, 0.5) is 0 Å². The maximum Gasteiger partial charge on any atom is 0.414 e. The Balaban J connectivity index is 0.000000534. The molecule has 2 atom stereocenters. The third kappa shape index (κ3) is 9.76. The second kappa shape index (κ2) is 13.8. The van der Waals surface area contributed by atoms with Crippen LogP contribution in [0.3, 0.4) is 0 Å². The summed E-state index contributed by atoms with van der Waals surface area (Å²) in [6.07, 6.45) is 0.598. The number of hydrogen-bond donors (Lipinski definition) is 4. The van der Waals surface area contributed by atoms with Crippen molar-refractivity contribution in [3.63, 3.8) is 0 Å². The van der Waals surface area contributed by atoms with E-state index in [1.165, 1.54) is 5.56 Å². The largest absolute Gasteiger partial charge is 0.473 e. The van der Waals surface area contributed by atoms with Crippen LogP contribution >= 0.6 is 11.6 Å². The maximum absolute atomic E-state index is 10.1. The molecule has 0 saturated carbocycles. The summed E-state index contributed by atoms with van der Waals surface area (Å²) in [7, 11) is 0. The van der Waals surface area contributed by atoms with E-state index in [-0.39, 0.29) is 0 Å². The number of ether oxygens (including phenoxy) is 1. The lowest BCUT2D eigenvalue weighted by Gasteiger charge is -2.18. The van der Waals surface area contributed by atoms with E-state index in [0.717, 1.165) is 31.6 Å². The number of hydrogen-bond acceptors (Lipinski definition) is 6. The molecule has 1 aliphatic rings. The van der Waals surface area contributed by atoms with Crippen molar-refractivity contribution in [3.05, 3.63) is 70.7 Å². The van der Waals surface area contributed by atoms with Crippen LogP contribution in [0.15, 0.2) is 54.6 Å². The highest BCUT2D eigenvalue weighted by molar-refractivity contribution is 6.31. The summed E-state index contributed by atoms with van der Waals surface area (Å²) >= 11 is 6.10. The molecular formula is C23H29ClN2O6. The number of carboxylic acids is 2. The van der Waals surface area contributed by atoms with E-state index in [1.807, 2.05) is 30.3 Å². The highest BCUT2D eigenvalue weighted by atomic mass is 35.5. The molecule has 2 aromatic carbocycles. The summed E-state index contributed by atoms with van der Waals surface area (Å²) in [5.41, 5.74) is 2.29. The van der Waals surface area contributed by atoms with E-state index in [1.54, 1.807) is 0 Å². The molecular weight excluding hydrogens is 436 g/mol. The van der Waals surface area contributed by atoms with E-state index in [2.05, 4.69) is 34.5 Å². The first-order chi connectivity index (χ1) is 15.3. The molecule has 0 amide bonds. The van der Waals surface area contributed by atoms with Crippen LogP contribution in [0.5, 0.6) is 0 Å². The van der Waals surface area contributed by atoms with E-state index in [4.69, 9.17) is 36.1 Å². The third-order valence-electron chi connectivity index (χ3n) is 4.87. The molecule has 4 N–H and O–H groups in total. The minimum atomic E-state index is -1.82. The summed E-state index contributed by atoms with van der Waals surface area (Å²) in [5.74, 6) is -3.65. The summed E-state index contributed by atoms with van der Waals surface area (Å²) < 4.78 is 5.59. The van der Waals surface area contributed by atoms with Gasteiger partial charge in [0.05, 0.1) is 19.3 Å². The molecule has 0 spiro atoms. The van der Waals surface area contributed by atoms with Crippen LogP contribution in [-0.2, 0) is 27.5 Å². The summed E-state index contributed by atoms with van der Waals surface area (Å²) in [6.45, 7) is 4.37. The van der Waals surface area contributed by atoms with Crippen molar-refractivity contribution in [2.45, 2.75) is 31.7 Å². The van der Waals surface area contributed by atoms with Gasteiger partial charge in [-0.2, -0.15) is 0 Å². The Morgan fingerprint density at radius 2 is 1.75 bits per heavy atom. The van der Waals surface area contributed by atoms with Gasteiger partial charge in [-0.05, 0) is 23.6 Å². The van der Waals surface area contributed by atoms with Crippen LogP contribution in [-0.4, -0.2) is 70.5 Å². The zero-order valence-electron chi connectivity index (χ0n) is 17.7. The molecule has 0 bridgehead atoms. The Kier molecular flexibility index (Phi) is 11.1. The lowest BCUT2D eigenvalue weighted by molar-refractivity contribution is -0.159. The Morgan fingerprint density at radius 3 is 2.41 bits per heavy atom. The van der Waals surface area contributed by atoms with Gasteiger partial charge in [0.25, 0.3) is 0 Å². The summed E-state index contributed by atoms with van der Waals surface area (Å²) in [6, 6.07) is 18.6. The average molecular weight is 465 g/mol. The Labute approximate surface area is 192 Å². The minimum absolute atomic E-state index is 0.304. The monoisotopic (exact) mass is 464 g/mol. The Hall–Kier alpha value is -2.49.